The van der Waals surface area contributed by atoms with Gasteiger partial charge in [-0.3, -0.25) is 14.4 Å². The Balaban J connectivity index is 1.40. The van der Waals surface area contributed by atoms with Gasteiger partial charge in [0.15, 0.2) is 5.43 Å². The summed E-state index contributed by atoms with van der Waals surface area (Å²) in [6, 6.07) is 9.33. The van der Waals surface area contributed by atoms with Crippen molar-refractivity contribution in [2.45, 2.75) is 65.0 Å². The number of nitrogens with one attached hydrogen (secondary N) is 2. The van der Waals surface area contributed by atoms with Crippen LogP contribution >= 0.6 is 0 Å². The fourth-order valence-electron chi connectivity index (χ4n) is 3.67. The van der Waals surface area contributed by atoms with Crippen molar-refractivity contribution in [3.63, 3.8) is 0 Å². The number of amides is 2. The van der Waals surface area contributed by atoms with Crippen LogP contribution in [0, 0.1) is 5.82 Å². The molecule has 0 saturated heterocycles. The van der Waals surface area contributed by atoms with E-state index in [1.54, 1.807) is 27.7 Å². The van der Waals surface area contributed by atoms with Crippen molar-refractivity contribution in [2.75, 3.05) is 6.54 Å². The Hall–Kier alpha value is -4.21. The van der Waals surface area contributed by atoms with E-state index in [-0.39, 0.29) is 29.1 Å². The number of hydrogen-bond donors (Lipinski definition) is 2. The smallest absolute Gasteiger partial charge is 0.408 e. The first-order chi connectivity index (χ1) is 18.4. The molecule has 0 aliphatic rings. The number of rotatable bonds is 10. The quantitative estimate of drug-likeness (QED) is 0.208. The number of unbranched alkanes of at least 4 members (excludes halogenated alkanes) is 2. The van der Waals surface area contributed by atoms with Gasteiger partial charge in [0.1, 0.15) is 35.1 Å². The van der Waals surface area contributed by atoms with Crippen LogP contribution in [0.4, 0.5) is 9.18 Å². The van der Waals surface area contributed by atoms with Crippen molar-refractivity contribution in [3.05, 3.63) is 64.8 Å². The van der Waals surface area contributed by atoms with Crippen LogP contribution in [-0.2, 0) is 14.3 Å². The first-order valence-corrected chi connectivity index (χ1v) is 12.7. The van der Waals surface area contributed by atoms with Crippen LogP contribution < -0.4 is 20.8 Å². The number of fused-ring (bicyclic) bond motifs is 1. The molecule has 0 aliphatic carbocycles. The average Bonchev–Trinajstić information content (AvgIpc) is 2.85. The average molecular weight is 541 g/mol. The van der Waals surface area contributed by atoms with Crippen LogP contribution in [0.25, 0.3) is 22.1 Å². The van der Waals surface area contributed by atoms with Gasteiger partial charge < -0.3 is 24.5 Å². The van der Waals surface area contributed by atoms with Crippen molar-refractivity contribution in [1.29, 1.82) is 0 Å². The Morgan fingerprint density at radius 2 is 1.74 bits per heavy atom. The van der Waals surface area contributed by atoms with Crippen LogP contribution in [0.15, 0.2) is 57.9 Å². The van der Waals surface area contributed by atoms with Gasteiger partial charge in [-0.15, -0.1) is 0 Å². The summed E-state index contributed by atoms with van der Waals surface area (Å²) in [5.74, 6) is -0.905. The molecular weight excluding hydrogens is 507 g/mol. The molecule has 9 nitrogen and oxygen atoms in total. The highest BCUT2D eigenvalue weighted by atomic mass is 19.1. The van der Waals surface area contributed by atoms with Gasteiger partial charge in [0, 0.05) is 19.0 Å². The molecule has 0 saturated carbocycles. The molecule has 1 heterocycles. The van der Waals surface area contributed by atoms with E-state index in [4.69, 9.17) is 13.9 Å². The molecule has 3 aromatic rings. The second kappa shape index (κ2) is 13.0. The van der Waals surface area contributed by atoms with Crippen LogP contribution in [0.1, 0.15) is 53.4 Å². The monoisotopic (exact) mass is 540 g/mol. The molecule has 39 heavy (non-hydrogen) atoms. The zero-order valence-electron chi connectivity index (χ0n) is 22.5. The highest BCUT2D eigenvalue weighted by Crippen LogP contribution is 2.23. The number of ether oxygens (including phenoxy) is 2. The Labute approximate surface area is 225 Å². The second-order valence-electron chi connectivity index (χ2n) is 10.1. The lowest BCUT2D eigenvalue weighted by atomic mass is 10.1. The molecule has 2 N–H and O–H groups in total. The van der Waals surface area contributed by atoms with E-state index in [2.05, 4.69) is 10.6 Å². The van der Waals surface area contributed by atoms with Crippen molar-refractivity contribution < 1.29 is 32.7 Å². The molecule has 10 heteroatoms. The Kier molecular flexibility index (Phi) is 9.81. The van der Waals surface area contributed by atoms with Gasteiger partial charge in [0.25, 0.3) is 0 Å². The standard InChI is InChI=1S/C29H33FN2O7/c1-18(32-28(36)39-29(2,3)4)27(35)31-15-7-5-6-8-25(33)38-21-13-14-22-24(16-21)37-17-23(26(22)34)19-9-11-20(30)12-10-19/h9-14,16-18H,5-8,15H2,1-4H3,(H,31,35)(H,32,36)/t18-/m0/s1. The summed E-state index contributed by atoms with van der Waals surface area (Å²) >= 11 is 0. The van der Waals surface area contributed by atoms with E-state index in [0.717, 1.165) is 0 Å². The third kappa shape index (κ3) is 8.94. The molecule has 0 aliphatic heterocycles. The van der Waals surface area contributed by atoms with Gasteiger partial charge in [-0.1, -0.05) is 18.6 Å². The van der Waals surface area contributed by atoms with E-state index in [1.807, 2.05) is 0 Å². The molecule has 1 atom stereocenters. The van der Waals surface area contributed by atoms with E-state index in [1.165, 1.54) is 48.7 Å². The number of halogens is 1. The third-order valence-electron chi connectivity index (χ3n) is 5.62. The molecule has 1 aromatic heterocycles. The van der Waals surface area contributed by atoms with Gasteiger partial charge in [-0.25, -0.2) is 9.18 Å². The lowest BCUT2D eigenvalue weighted by Gasteiger charge is -2.21. The summed E-state index contributed by atoms with van der Waals surface area (Å²) in [6.45, 7) is 7.18. The fraction of sp³-hybridized carbons (Fsp3) is 0.379. The lowest BCUT2D eigenvalue weighted by molar-refractivity contribution is -0.134. The zero-order valence-corrected chi connectivity index (χ0v) is 22.5. The maximum Gasteiger partial charge on any atom is 0.408 e. The normalized spacial score (nSPS) is 12.0. The Morgan fingerprint density at radius 1 is 1.03 bits per heavy atom. The van der Waals surface area contributed by atoms with Crippen molar-refractivity contribution in [3.8, 4) is 16.9 Å². The highest BCUT2D eigenvalue weighted by Gasteiger charge is 2.20. The summed E-state index contributed by atoms with van der Waals surface area (Å²) in [5.41, 5.74) is 0.179. The van der Waals surface area contributed by atoms with Gasteiger partial charge in [-0.05, 0) is 70.4 Å². The molecule has 208 valence electrons. The van der Waals surface area contributed by atoms with E-state index in [0.29, 0.717) is 42.3 Å². The predicted octanol–water partition coefficient (Wildman–Crippen LogP) is 5.09. The summed E-state index contributed by atoms with van der Waals surface area (Å²) in [7, 11) is 0. The minimum absolute atomic E-state index is 0.177. The summed E-state index contributed by atoms with van der Waals surface area (Å²) in [5, 5.41) is 5.53. The number of hydrogen-bond acceptors (Lipinski definition) is 7. The molecular formula is C29H33FN2O7. The molecule has 0 unspecified atom stereocenters. The Bertz CT molecular complexity index is 1380. The van der Waals surface area contributed by atoms with Crippen molar-refractivity contribution >= 4 is 28.9 Å². The highest BCUT2D eigenvalue weighted by molar-refractivity contribution is 5.85. The molecule has 3 rings (SSSR count). The van der Waals surface area contributed by atoms with Crippen molar-refractivity contribution in [1.82, 2.24) is 10.6 Å². The third-order valence-corrected chi connectivity index (χ3v) is 5.62. The molecule has 0 radical (unpaired) electrons. The van der Waals surface area contributed by atoms with E-state index < -0.39 is 29.5 Å². The van der Waals surface area contributed by atoms with Crippen LogP contribution in [0.2, 0.25) is 0 Å². The summed E-state index contributed by atoms with van der Waals surface area (Å²) in [4.78, 5) is 48.9. The number of carbonyl (C=O) groups is 3. The Morgan fingerprint density at radius 3 is 2.44 bits per heavy atom. The maximum atomic E-state index is 13.2. The number of esters is 1. The number of benzene rings is 2. The van der Waals surface area contributed by atoms with E-state index in [9.17, 15) is 23.6 Å². The molecule has 0 bridgehead atoms. The summed E-state index contributed by atoms with van der Waals surface area (Å²) < 4.78 is 29.3. The van der Waals surface area contributed by atoms with Crippen LogP contribution in [0.5, 0.6) is 5.75 Å². The van der Waals surface area contributed by atoms with E-state index >= 15 is 0 Å². The first kappa shape index (κ1) is 29.3. The minimum Gasteiger partial charge on any atom is -0.463 e. The topological polar surface area (TPSA) is 124 Å². The first-order valence-electron chi connectivity index (χ1n) is 12.7. The number of alkyl carbamates (subject to hydrolysis) is 1. The minimum atomic E-state index is -0.740. The van der Waals surface area contributed by atoms with Gasteiger partial charge >= 0.3 is 12.1 Å². The van der Waals surface area contributed by atoms with Crippen LogP contribution in [-0.4, -0.2) is 36.2 Å². The zero-order chi connectivity index (χ0) is 28.6. The molecule has 0 spiro atoms. The van der Waals surface area contributed by atoms with Gasteiger partial charge in [-0.2, -0.15) is 0 Å². The second-order valence-corrected chi connectivity index (χ2v) is 10.1. The van der Waals surface area contributed by atoms with Gasteiger partial charge in [0.2, 0.25) is 5.91 Å². The largest absolute Gasteiger partial charge is 0.463 e. The SMILES string of the molecule is C[C@H](NC(=O)OC(C)(C)C)C(=O)NCCCCCC(=O)Oc1ccc2c(=O)c(-c3ccc(F)cc3)coc2c1. The predicted molar refractivity (Wildman–Crippen MR) is 144 cm³/mol. The summed E-state index contributed by atoms with van der Waals surface area (Å²) in [6.07, 6.45) is 2.71. The molecule has 2 amide bonds. The molecule has 2 aromatic carbocycles. The van der Waals surface area contributed by atoms with Crippen molar-refractivity contribution in [2.24, 2.45) is 0 Å². The number of carbonyl (C=O) groups excluding carboxylic acids is 3. The maximum absolute atomic E-state index is 13.2. The van der Waals surface area contributed by atoms with Gasteiger partial charge in [0.05, 0.1) is 10.9 Å². The fourth-order valence-corrected chi connectivity index (χ4v) is 3.67. The lowest BCUT2D eigenvalue weighted by Crippen LogP contribution is -2.46. The molecule has 0 fully saturated rings. The van der Waals surface area contributed by atoms with Crippen LogP contribution in [0.3, 0.4) is 0 Å².